The van der Waals surface area contributed by atoms with Gasteiger partial charge in [0.1, 0.15) is 12.1 Å². The van der Waals surface area contributed by atoms with Crippen LogP contribution in [-0.4, -0.2) is 58.9 Å². The molecule has 24 heavy (non-hydrogen) atoms. The molecule has 9 nitrogen and oxygen atoms in total. The molecule has 0 saturated carbocycles. The minimum Gasteiger partial charge on any atom is -0.345 e. The Morgan fingerprint density at radius 1 is 1.29 bits per heavy atom. The van der Waals surface area contributed by atoms with Gasteiger partial charge in [-0.05, 0) is 19.8 Å². The van der Waals surface area contributed by atoms with Gasteiger partial charge in [-0.2, -0.15) is 0 Å². The molecule has 0 aliphatic carbocycles. The molecule has 1 unspecified atom stereocenters. The van der Waals surface area contributed by atoms with Crippen molar-refractivity contribution < 1.29 is 30.1 Å². The Balaban J connectivity index is -0.000000284. The molecule has 1 aliphatic heterocycles. The Morgan fingerprint density at radius 2 is 1.92 bits per heavy atom. The lowest BCUT2D eigenvalue weighted by Crippen LogP contribution is -2.50. The molecule has 1 rings (SSSR count). The summed E-state index contributed by atoms with van der Waals surface area (Å²) in [5.41, 5.74) is 1.42. The Hall–Kier alpha value is -2.16. The summed E-state index contributed by atoms with van der Waals surface area (Å²) >= 11 is 0. The fraction of sp³-hybridized carbons (Fsp3) is 0.733. The maximum absolute atomic E-state index is 12.1. The number of likely N-dealkylation sites (tertiary alicyclic amines) is 1. The van der Waals surface area contributed by atoms with E-state index in [2.05, 4.69) is 10.6 Å². The molecule has 9 heteroatoms. The number of hydroxylamine groups is 1. The summed E-state index contributed by atoms with van der Waals surface area (Å²) in [6.07, 6.45) is 1.66. The highest BCUT2D eigenvalue weighted by Crippen LogP contribution is 2.18. The fourth-order valence-corrected chi connectivity index (χ4v) is 2.28. The first-order valence-electron chi connectivity index (χ1n) is 8.21. The maximum atomic E-state index is 12.1. The summed E-state index contributed by atoms with van der Waals surface area (Å²) in [5, 5.41) is 13.2. The predicted octanol–water partition coefficient (Wildman–Crippen LogP) is 0.524. The second kappa shape index (κ2) is 11.4. The third-order valence-corrected chi connectivity index (χ3v) is 3.48. The number of rotatable bonds is 6. The van der Waals surface area contributed by atoms with Gasteiger partial charge >= 0.3 is 0 Å². The second-order valence-electron chi connectivity index (χ2n) is 5.08. The molecule has 1 aliphatic rings. The van der Waals surface area contributed by atoms with Crippen molar-refractivity contribution in [3.63, 3.8) is 0 Å². The maximum Gasteiger partial charge on any atom is 0.265 e. The molecular weight excluding hydrogens is 316 g/mol. The van der Waals surface area contributed by atoms with Crippen molar-refractivity contribution >= 4 is 23.6 Å². The van der Waals surface area contributed by atoms with Crippen LogP contribution in [0.5, 0.6) is 0 Å². The second-order valence-corrected chi connectivity index (χ2v) is 5.08. The highest BCUT2D eigenvalue weighted by Gasteiger charge is 2.33. The average molecular weight is 352 g/mol. The number of nitrogens with zero attached hydrogens (tertiary/aromatic N) is 1. The molecule has 1 saturated heterocycles. The van der Waals surface area contributed by atoms with E-state index in [1.807, 2.05) is 13.8 Å². The van der Waals surface area contributed by atoms with Crippen molar-refractivity contribution in [2.45, 2.75) is 59.0 Å². The van der Waals surface area contributed by atoms with E-state index in [0.29, 0.717) is 19.4 Å². The van der Waals surface area contributed by atoms with Crippen molar-refractivity contribution in [2.75, 3.05) is 13.1 Å². The molecule has 2 atom stereocenters. The smallest absolute Gasteiger partial charge is 0.265 e. The Bertz CT molecular complexity index is 472. The van der Waals surface area contributed by atoms with Crippen LogP contribution in [0.25, 0.3) is 0 Å². The van der Waals surface area contributed by atoms with Gasteiger partial charge in [-0.15, -0.1) is 0 Å². The standard InChI is InChI=1S/C13H22N4O5.C2H6.4H2/c1-3-11(19)17-6-4-5-9(17)13(21)14-7-10(18)15-8(2)12(20)16-22;1-2;;;;/h8-9,22H,3-7H2,1-2H3,(H,14,21)(H,15,18)(H,16,20);1-2H3;4*1H/t8-,9?;;;;;/m0...../s1. The first-order valence-corrected chi connectivity index (χ1v) is 8.21. The largest absolute Gasteiger partial charge is 0.345 e. The van der Waals surface area contributed by atoms with Crippen LogP contribution >= 0.6 is 0 Å². The molecule has 4 amide bonds. The molecule has 0 aromatic rings. The van der Waals surface area contributed by atoms with Crippen LogP contribution in [0.15, 0.2) is 0 Å². The molecular formula is C15H36N4O5. The van der Waals surface area contributed by atoms with E-state index in [9.17, 15) is 19.2 Å². The van der Waals surface area contributed by atoms with E-state index in [4.69, 9.17) is 5.21 Å². The minimum atomic E-state index is -0.918. The fourth-order valence-electron chi connectivity index (χ4n) is 2.28. The monoisotopic (exact) mass is 352 g/mol. The van der Waals surface area contributed by atoms with E-state index < -0.39 is 23.9 Å². The quantitative estimate of drug-likeness (QED) is 0.409. The SMILES string of the molecule is CC.CCC(=O)N1CCCC1C(=O)NCC(=O)N[C@@H](C)C(=O)NO.[HH].[HH].[HH].[HH]. The zero-order valence-corrected chi connectivity index (χ0v) is 14.7. The van der Waals surface area contributed by atoms with Gasteiger partial charge in [0.05, 0.1) is 6.54 Å². The highest BCUT2D eigenvalue weighted by molar-refractivity contribution is 5.92. The summed E-state index contributed by atoms with van der Waals surface area (Å²) in [6, 6.07) is -1.46. The van der Waals surface area contributed by atoms with E-state index in [1.165, 1.54) is 17.3 Å². The first kappa shape index (κ1) is 21.8. The molecule has 1 heterocycles. The molecule has 0 aromatic heterocycles. The lowest BCUT2D eigenvalue weighted by molar-refractivity contribution is -0.138. The number of hydrogen-bond donors (Lipinski definition) is 4. The van der Waals surface area contributed by atoms with Crippen LogP contribution in [0.3, 0.4) is 0 Å². The normalized spacial score (nSPS) is 17.2. The van der Waals surface area contributed by atoms with Crippen molar-refractivity contribution in [1.82, 2.24) is 21.0 Å². The lowest BCUT2D eigenvalue weighted by atomic mass is 10.2. The van der Waals surface area contributed by atoms with E-state index in [1.54, 1.807) is 6.92 Å². The van der Waals surface area contributed by atoms with Gasteiger partial charge in [-0.25, -0.2) is 5.48 Å². The molecule has 1 fully saturated rings. The Labute approximate surface area is 148 Å². The molecule has 0 radical (unpaired) electrons. The zero-order valence-electron chi connectivity index (χ0n) is 14.7. The third-order valence-electron chi connectivity index (χ3n) is 3.48. The summed E-state index contributed by atoms with van der Waals surface area (Å²) in [4.78, 5) is 47.9. The average Bonchev–Trinajstić information content (AvgIpc) is 3.09. The van der Waals surface area contributed by atoms with Crippen LogP contribution < -0.4 is 16.1 Å². The van der Waals surface area contributed by atoms with Gasteiger partial charge in [0, 0.05) is 18.7 Å². The van der Waals surface area contributed by atoms with Crippen LogP contribution in [0, 0.1) is 0 Å². The first-order chi connectivity index (χ1) is 11.4. The van der Waals surface area contributed by atoms with Gasteiger partial charge in [0.2, 0.25) is 17.7 Å². The predicted molar refractivity (Wildman–Crippen MR) is 95.4 cm³/mol. The van der Waals surface area contributed by atoms with E-state index >= 15 is 0 Å². The van der Waals surface area contributed by atoms with E-state index in [-0.39, 0.29) is 24.1 Å². The highest BCUT2D eigenvalue weighted by atomic mass is 16.5. The van der Waals surface area contributed by atoms with Crippen molar-refractivity contribution in [3.05, 3.63) is 0 Å². The topological polar surface area (TPSA) is 128 Å². The Morgan fingerprint density at radius 3 is 2.46 bits per heavy atom. The molecule has 0 aromatic carbocycles. The number of amides is 4. The van der Waals surface area contributed by atoms with Crippen LogP contribution in [0.2, 0.25) is 0 Å². The minimum absolute atomic E-state index is 0. The van der Waals surface area contributed by atoms with E-state index in [0.717, 1.165) is 6.42 Å². The molecule has 0 spiro atoms. The van der Waals surface area contributed by atoms with Crippen LogP contribution in [0.1, 0.15) is 52.7 Å². The molecule has 4 N–H and O–H groups in total. The van der Waals surface area contributed by atoms with Gasteiger partial charge in [-0.1, -0.05) is 20.8 Å². The van der Waals surface area contributed by atoms with Crippen molar-refractivity contribution in [2.24, 2.45) is 0 Å². The van der Waals surface area contributed by atoms with Crippen LogP contribution in [0.4, 0.5) is 0 Å². The number of hydrogen-bond acceptors (Lipinski definition) is 5. The van der Waals surface area contributed by atoms with Crippen LogP contribution in [-0.2, 0) is 19.2 Å². The van der Waals surface area contributed by atoms with Crippen molar-refractivity contribution in [3.8, 4) is 0 Å². The zero-order chi connectivity index (χ0) is 18.7. The van der Waals surface area contributed by atoms with Gasteiger partial charge in [0.15, 0.2) is 0 Å². The van der Waals surface area contributed by atoms with Crippen molar-refractivity contribution in [1.29, 1.82) is 0 Å². The number of carbonyl (C=O) groups is 4. The third kappa shape index (κ3) is 6.53. The molecule has 146 valence electrons. The van der Waals surface area contributed by atoms with Gasteiger partial charge in [0.25, 0.3) is 5.91 Å². The summed E-state index contributed by atoms with van der Waals surface area (Å²) in [6.45, 7) is 7.37. The van der Waals surface area contributed by atoms with Gasteiger partial charge in [-0.3, -0.25) is 24.4 Å². The summed E-state index contributed by atoms with van der Waals surface area (Å²) < 4.78 is 0. The number of carbonyl (C=O) groups excluding carboxylic acids is 4. The summed E-state index contributed by atoms with van der Waals surface area (Å²) in [5.74, 6) is -1.78. The van der Waals surface area contributed by atoms with Gasteiger partial charge < -0.3 is 15.5 Å². The summed E-state index contributed by atoms with van der Waals surface area (Å²) in [7, 11) is 0. The lowest BCUT2D eigenvalue weighted by Gasteiger charge is -2.23. The number of nitrogens with one attached hydrogen (secondary N) is 3. The molecule has 0 bridgehead atoms. The Kier molecular flexibility index (Phi) is 10.4.